The highest BCUT2D eigenvalue weighted by molar-refractivity contribution is 9.09. The Labute approximate surface area is 88.2 Å². The highest BCUT2D eigenvalue weighted by atomic mass is 79.9. The number of carbonyl (C=O) groups is 1. The summed E-state index contributed by atoms with van der Waals surface area (Å²) in [6.45, 7) is 0. The molecule has 0 aliphatic heterocycles. The molecule has 0 aromatic heterocycles. The van der Waals surface area contributed by atoms with E-state index >= 15 is 0 Å². The van der Waals surface area contributed by atoms with Crippen LogP contribution in [0.1, 0.15) is 16.8 Å². The largest absolute Gasteiger partial charge is 0.370 e. The number of benzene rings is 1. The van der Waals surface area contributed by atoms with Crippen molar-refractivity contribution in [2.24, 2.45) is 5.73 Å². The van der Waals surface area contributed by atoms with Crippen LogP contribution < -0.4 is 5.73 Å². The fourth-order valence-electron chi connectivity index (χ4n) is 1.04. The summed E-state index contributed by atoms with van der Waals surface area (Å²) in [7, 11) is 0. The molecule has 2 N–H and O–H groups in total. The first kappa shape index (κ1) is 11.1. The van der Waals surface area contributed by atoms with Crippen molar-refractivity contribution in [1.82, 2.24) is 0 Å². The van der Waals surface area contributed by atoms with Crippen molar-refractivity contribution < 1.29 is 13.6 Å². The van der Waals surface area contributed by atoms with Crippen LogP contribution in [-0.4, -0.2) is 5.91 Å². The third-order valence-electron chi connectivity index (χ3n) is 1.68. The Morgan fingerprint density at radius 3 is 2.71 bits per heavy atom. The maximum Gasteiger partial charge on any atom is 0.218 e. The number of hydrogen-bond acceptors (Lipinski definition) is 1. The van der Waals surface area contributed by atoms with E-state index in [1.165, 1.54) is 0 Å². The lowest BCUT2D eigenvalue weighted by Gasteiger charge is -2.08. The predicted molar refractivity (Wildman–Crippen MR) is 51.8 cm³/mol. The summed E-state index contributed by atoms with van der Waals surface area (Å²) < 4.78 is 25.9. The van der Waals surface area contributed by atoms with Gasteiger partial charge in [0.15, 0.2) is 0 Å². The molecule has 0 aliphatic rings. The van der Waals surface area contributed by atoms with Crippen LogP contribution in [0.3, 0.4) is 0 Å². The molecule has 0 aliphatic carbocycles. The van der Waals surface area contributed by atoms with E-state index in [2.05, 4.69) is 15.9 Å². The topological polar surface area (TPSA) is 43.1 Å². The molecule has 2 nitrogen and oxygen atoms in total. The molecular formula is C9H8BrF2NO. The maximum atomic E-state index is 13.1. The van der Waals surface area contributed by atoms with Gasteiger partial charge < -0.3 is 5.73 Å². The molecule has 5 heteroatoms. The van der Waals surface area contributed by atoms with Crippen molar-refractivity contribution in [3.05, 3.63) is 35.4 Å². The molecule has 0 radical (unpaired) electrons. The van der Waals surface area contributed by atoms with Gasteiger partial charge in [-0.15, -0.1) is 0 Å². The normalized spacial score (nSPS) is 12.5. The minimum absolute atomic E-state index is 0.0691. The van der Waals surface area contributed by atoms with Crippen molar-refractivity contribution in [2.45, 2.75) is 11.2 Å². The highest BCUT2D eigenvalue weighted by Crippen LogP contribution is 2.28. The van der Waals surface area contributed by atoms with Crippen LogP contribution in [-0.2, 0) is 4.79 Å². The molecule has 1 atom stereocenters. The van der Waals surface area contributed by atoms with E-state index < -0.39 is 22.4 Å². The zero-order chi connectivity index (χ0) is 10.7. The minimum Gasteiger partial charge on any atom is -0.370 e. The number of halogens is 3. The Hall–Kier alpha value is -0.970. The van der Waals surface area contributed by atoms with Crippen LogP contribution in [0.5, 0.6) is 0 Å². The van der Waals surface area contributed by atoms with Crippen LogP contribution >= 0.6 is 15.9 Å². The van der Waals surface area contributed by atoms with E-state index in [0.717, 1.165) is 18.2 Å². The molecule has 0 spiro atoms. The van der Waals surface area contributed by atoms with E-state index in [0.29, 0.717) is 0 Å². The standard InChI is InChI=1S/C9H8BrF2NO/c10-7(4-9(13)14)6-3-5(11)1-2-8(6)12/h1-3,7H,4H2,(H2,13,14). The van der Waals surface area contributed by atoms with Crippen molar-refractivity contribution in [3.8, 4) is 0 Å². The molecule has 0 fully saturated rings. The zero-order valence-electron chi connectivity index (χ0n) is 7.14. The molecule has 1 amide bonds. The smallest absolute Gasteiger partial charge is 0.218 e. The predicted octanol–water partition coefficient (Wildman–Crippen LogP) is 2.28. The van der Waals surface area contributed by atoms with E-state index in [9.17, 15) is 13.6 Å². The van der Waals surface area contributed by atoms with Gasteiger partial charge in [-0.05, 0) is 18.2 Å². The van der Waals surface area contributed by atoms with Gasteiger partial charge in [0, 0.05) is 12.0 Å². The first-order valence-corrected chi connectivity index (χ1v) is 4.79. The van der Waals surface area contributed by atoms with Gasteiger partial charge in [-0.25, -0.2) is 8.78 Å². The molecule has 0 heterocycles. The average molecular weight is 264 g/mol. The van der Waals surface area contributed by atoms with Crippen LogP contribution in [0.25, 0.3) is 0 Å². The Morgan fingerprint density at radius 2 is 2.14 bits per heavy atom. The van der Waals surface area contributed by atoms with Crippen molar-refractivity contribution in [1.29, 1.82) is 0 Å². The monoisotopic (exact) mass is 263 g/mol. The molecule has 1 aromatic rings. The first-order chi connectivity index (χ1) is 6.50. The summed E-state index contributed by atoms with van der Waals surface area (Å²) in [6, 6.07) is 3.07. The second-order valence-corrected chi connectivity index (χ2v) is 3.91. The molecule has 14 heavy (non-hydrogen) atoms. The number of alkyl halides is 1. The summed E-state index contributed by atoms with van der Waals surface area (Å²) >= 11 is 3.06. The molecule has 1 rings (SSSR count). The number of amides is 1. The van der Waals surface area contributed by atoms with E-state index in [1.54, 1.807) is 0 Å². The number of nitrogens with two attached hydrogens (primary N) is 1. The minimum atomic E-state index is -0.587. The van der Waals surface area contributed by atoms with Gasteiger partial charge >= 0.3 is 0 Å². The van der Waals surface area contributed by atoms with Crippen LogP contribution in [0, 0.1) is 11.6 Å². The highest BCUT2D eigenvalue weighted by Gasteiger charge is 2.15. The Balaban J connectivity index is 2.93. The number of primary amides is 1. The SMILES string of the molecule is NC(=O)CC(Br)c1cc(F)ccc1F. The molecular weight excluding hydrogens is 256 g/mol. The van der Waals surface area contributed by atoms with Gasteiger partial charge in [0.05, 0.1) is 4.83 Å². The number of carbonyl (C=O) groups excluding carboxylic acids is 1. The second kappa shape index (κ2) is 4.50. The van der Waals surface area contributed by atoms with Gasteiger partial charge in [0.2, 0.25) is 5.91 Å². The fourth-order valence-corrected chi connectivity index (χ4v) is 1.71. The summed E-state index contributed by atoms with van der Waals surface area (Å²) in [4.78, 5) is 9.97. The maximum absolute atomic E-state index is 13.1. The van der Waals surface area contributed by atoms with Crippen LogP contribution in [0.4, 0.5) is 8.78 Å². The van der Waals surface area contributed by atoms with Gasteiger partial charge in [0.1, 0.15) is 11.6 Å². The molecule has 0 saturated carbocycles. The third kappa shape index (κ3) is 2.77. The molecule has 1 aromatic carbocycles. The molecule has 76 valence electrons. The fraction of sp³-hybridized carbons (Fsp3) is 0.222. The summed E-state index contributed by atoms with van der Waals surface area (Å²) in [5.74, 6) is -1.68. The van der Waals surface area contributed by atoms with E-state index in [4.69, 9.17) is 5.73 Å². The lowest BCUT2D eigenvalue weighted by atomic mass is 10.1. The van der Waals surface area contributed by atoms with E-state index in [-0.39, 0.29) is 12.0 Å². The van der Waals surface area contributed by atoms with Crippen LogP contribution in [0.2, 0.25) is 0 Å². The van der Waals surface area contributed by atoms with Gasteiger partial charge in [-0.1, -0.05) is 15.9 Å². The van der Waals surface area contributed by atoms with Crippen molar-refractivity contribution >= 4 is 21.8 Å². The van der Waals surface area contributed by atoms with Gasteiger partial charge in [0.25, 0.3) is 0 Å². The lowest BCUT2D eigenvalue weighted by Crippen LogP contribution is -2.13. The van der Waals surface area contributed by atoms with E-state index in [1.807, 2.05) is 0 Å². The number of rotatable bonds is 3. The summed E-state index contributed by atoms with van der Waals surface area (Å²) in [5.41, 5.74) is 5.03. The van der Waals surface area contributed by atoms with Crippen molar-refractivity contribution in [3.63, 3.8) is 0 Å². The average Bonchev–Trinajstić information content (AvgIpc) is 2.08. The van der Waals surface area contributed by atoms with Crippen LogP contribution in [0.15, 0.2) is 18.2 Å². The summed E-state index contributed by atoms with van der Waals surface area (Å²) in [6.07, 6.45) is -0.0691. The molecule has 1 unspecified atom stereocenters. The third-order valence-corrected chi connectivity index (χ3v) is 2.49. The lowest BCUT2D eigenvalue weighted by molar-refractivity contribution is -0.118. The zero-order valence-corrected chi connectivity index (χ0v) is 8.72. The Bertz CT molecular complexity index is 357. The first-order valence-electron chi connectivity index (χ1n) is 3.88. The number of hydrogen-bond donors (Lipinski definition) is 1. The summed E-state index contributed by atoms with van der Waals surface area (Å²) in [5, 5.41) is 0. The quantitative estimate of drug-likeness (QED) is 0.836. The Kier molecular flexibility index (Phi) is 3.57. The van der Waals surface area contributed by atoms with Gasteiger partial charge in [-0.2, -0.15) is 0 Å². The molecule has 0 bridgehead atoms. The Morgan fingerprint density at radius 1 is 1.50 bits per heavy atom. The van der Waals surface area contributed by atoms with Crippen molar-refractivity contribution in [2.75, 3.05) is 0 Å². The van der Waals surface area contributed by atoms with Gasteiger partial charge in [-0.3, -0.25) is 4.79 Å². The molecule has 0 saturated heterocycles. The second-order valence-electron chi connectivity index (χ2n) is 2.80.